The highest BCUT2D eigenvalue weighted by atomic mass is 32.2. The Kier molecular flexibility index (Phi) is 8.72. The van der Waals surface area contributed by atoms with Gasteiger partial charge in [0.05, 0.1) is 5.39 Å². The number of aryl methyl sites for hydroxylation is 1. The Hall–Kier alpha value is -2.52. The van der Waals surface area contributed by atoms with Crippen LogP contribution in [0, 0.1) is 11.7 Å². The normalized spacial score (nSPS) is 28.9. The molecule has 3 fully saturated rings. The number of piperidine rings is 1. The van der Waals surface area contributed by atoms with Crippen molar-refractivity contribution < 1.29 is 8.78 Å². The highest BCUT2D eigenvalue weighted by Gasteiger charge is 2.43. The predicted molar refractivity (Wildman–Crippen MR) is 170 cm³/mol. The predicted octanol–water partition coefficient (Wildman–Crippen LogP) is 7.37. The third kappa shape index (κ3) is 5.84. The summed E-state index contributed by atoms with van der Waals surface area (Å²) in [6, 6.07) is 7.94. The SMILES string of the molecule is O=c1c(C2CCSCC2)cc2c3ncnc2n1CCCCCCCN1C2CCC1CC(C2)C(F)c1cccc(c1F)CN3. The number of halogens is 2. The van der Waals surface area contributed by atoms with Gasteiger partial charge in [-0.05, 0) is 87.3 Å². The first-order chi connectivity index (χ1) is 21.1. The number of anilines is 1. The Bertz CT molecular complexity index is 1490. The molecule has 6 nitrogen and oxygen atoms in total. The van der Waals surface area contributed by atoms with Crippen molar-refractivity contribution in [3.8, 4) is 0 Å². The standard InChI is InChI=1S/C34H43F2N5OS/c35-30-23-7-6-8-27(30)31(36)24-17-25-9-10-26(18-24)40(25)13-4-2-1-3-5-14-41-33-29(32(37-20-23)38-21-39-33)19-28(34(41)42)22-11-15-43-16-12-22/h6-8,19,21-22,24-26,31H,1-5,9-18,20H2,(H,37,38,39). The molecule has 3 atom stereocenters. The fourth-order valence-electron chi connectivity index (χ4n) is 8.25. The molecule has 3 unspecified atom stereocenters. The maximum absolute atomic E-state index is 16.1. The molecule has 0 spiro atoms. The average Bonchev–Trinajstić information content (AvgIpc) is 3.26. The minimum atomic E-state index is -1.30. The van der Waals surface area contributed by atoms with Crippen molar-refractivity contribution in [2.75, 3.05) is 23.4 Å². The minimum absolute atomic E-state index is 0.0687. The number of alkyl halides is 1. The molecule has 5 aliphatic rings. The fourth-order valence-corrected chi connectivity index (χ4v) is 9.36. The first-order valence-electron chi connectivity index (χ1n) is 16.5. The van der Waals surface area contributed by atoms with Crippen molar-refractivity contribution >= 4 is 28.6 Å². The monoisotopic (exact) mass is 607 g/mol. The maximum Gasteiger partial charge on any atom is 0.255 e. The van der Waals surface area contributed by atoms with Gasteiger partial charge in [-0.25, -0.2) is 18.7 Å². The van der Waals surface area contributed by atoms with Crippen molar-refractivity contribution in [1.29, 1.82) is 0 Å². The zero-order chi connectivity index (χ0) is 29.3. The molecule has 10 bridgehead atoms. The number of benzene rings is 1. The van der Waals surface area contributed by atoms with E-state index in [1.807, 2.05) is 22.4 Å². The molecule has 43 heavy (non-hydrogen) atoms. The number of nitrogens with one attached hydrogen (secondary N) is 1. The number of rotatable bonds is 1. The van der Waals surface area contributed by atoms with E-state index in [1.54, 1.807) is 18.2 Å². The molecule has 2 aromatic heterocycles. The van der Waals surface area contributed by atoms with E-state index in [4.69, 9.17) is 0 Å². The third-order valence-electron chi connectivity index (χ3n) is 10.6. The number of thioether (sulfide) groups is 1. The Morgan fingerprint density at radius 2 is 1.65 bits per heavy atom. The van der Waals surface area contributed by atoms with Crippen LogP contribution < -0.4 is 10.9 Å². The van der Waals surface area contributed by atoms with Crippen LogP contribution in [-0.2, 0) is 13.1 Å². The van der Waals surface area contributed by atoms with Gasteiger partial charge in [-0.3, -0.25) is 14.3 Å². The van der Waals surface area contributed by atoms with Gasteiger partial charge in [0, 0.05) is 41.9 Å². The van der Waals surface area contributed by atoms with E-state index in [-0.39, 0.29) is 29.5 Å². The molecule has 3 aromatic rings. The van der Waals surface area contributed by atoms with Crippen LogP contribution in [0.3, 0.4) is 0 Å². The summed E-state index contributed by atoms with van der Waals surface area (Å²) in [5.41, 5.74) is 2.15. The largest absolute Gasteiger partial charge is 0.365 e. The zero-order valence-electron chi connectivity index (χ0n) is 24.9. The summed E-state index contributed by atoms with van der Waals surface area (Å²) >= 11 is 1.95. The van der Waals surface area contributed by atoms with E-state index >= 15 is 8.78 Å². The molecular formula is C34H43F2N5OS. The van der Waals surface area contributed by atoms with Crippen LogP contribution in [0.1, 0.15) is 99.4 Å². The second kappa shape index (κ2) is 12.8. The van der Waals surface area contributed by atoms with E-state index < -0.39 is 12.0 Å². The van der Waals surface area contributed by atoms with E-state index in [0.29, 0.717) is 35.7 Å². The zero-order valence-corrected chi connectivity index (χ0v) is 25.8. The molecule has 0 radical (unpaired) electrons. The molecule has 0 amide bonds. The lowest BCUT2D eigenvalue weighted by Gasteiger charge is -2.40. The lowest BCUT2D eigenvalue weighted by molar-refractivity contribution is 0.0612. The Labute approximate surface area is 257 Å². The molecule has 9 heteroatoms. The van der Waals surface area contributed by atoms with Gasteiger partial charge in [-0.15, -0.1) is 0 Å². The minimum Gasteiger partial charge on any atom is -0.365 e. The van der Waals surface area contributed by atoms with E-state index in [2.05, 4.69) is 20.2 Å². The van der Waals surface area contributed by atoms with E-state index in [9.17, 15) is 4.79 Å². The average molecular weight is 608 g/mol. The lowest BCUT2D eigenvalue weighted by Crippen LogP contribution is -2.44. The smallest absolute Gasteiger partial charge is 0.255 e. The van der Waals surface area contributed by atoms with Crippen LogP contribution in [0.15, 0.2) is 35.4 Å². The number of pyridine rings is 1. The number of fused-ring (bicyclic) bond motifs is 7. The third-order valence-corrected chi connectivity index (χ3v) is 11.6. The summed E-state index contributed by atoms with van der Waals surface area (Å²) in [4.78, 5) is 25.6. The van der Waals surface area contributed by atoms with Crippen LogP contribution in [0.5, 0.6) is 0 Å². The quantitative estimate of drug-likeness (QED) is 0.312. The molecule has 0 saturated carbocycles. The molecule has 3 saturated heterocycles. The molecular weight excluding hydrogens is 564 g/mol. The lowest BCUT2D eigenvalue weighted by atomic mass is 9.83. The molecule has 8 rings (SSSR count). The number of nitrogens with zero attached hydrogens (tertiary/aromatic N) is 4. The molecule has 1 aromatic carbocycles. The maximum atomic E-state index is 16.1. The van der Waals surface area contributed by atoms with Crippen LogP contribution >= 0.6 is 11.8 Å². The Balaban J connectivity index is 1.24. The van der Waals surface area contributed by atoms with E-state index in [1.165, 1.54) is 6.33 Å². The van der Waals surface area contributed by atoms with Gasteiger partial charge >= 0.3 is 0 Å². The van der Waals surface area contributed by atoms with Gasteiger partial charge in [-0.2, -0.15) is 11.8 Å². The fraction of sp³-hybridized carbons (Fsp3) is 0.618. The van der Waals surface area contributed by atoms with E-state index in [0.717, 1.165) is 99.6 Å². The van der Waals surface area contributed by atoms with Crippen molar-refractivity contribution in [1.82, 2.24) is 19.4 Å². The van der Waals surface area contributed by atoms with Gasteiger partial charge in [-0.1, -0.05) is 37.5 Å². The van der Waals surface area contributed by atoms with Crippen LogP contribution in [0.25, 0.3) is 11.0 Å². The van der Waals surface area contributed by atoms with Crippen molar-refractivity contribution in [2.45, 2.75) is 108 Å². The molecule has 5 aliphatic heterocycles. The van der Waals surface area contributed by atoms with Gasteiger partial charge in [0.25, 0.3) is 5.56 Å². The van der Waals surface area contributed by atoms with Crippen LogP contribution in [0.4, 0.5) is 14.6 Å². The van der Waals surface area contributed by atoms with Crippen LogP contribution in [0.2, 0.25) is 0 Å². The number of hydrogen-bond donors (Lipinski definition) is 1. The van der Waals surface area contributed by atoms with Crippen molar-refractivity contribution in [3.05, 3.63) is 63.5 Å². The summed E-state index contributed by atoms with van der Waals surface area (Å²) < 4.78 is 33.8. The molecule has 7 heterocycles. The molecule has 1 N–H and O–H groups in total. The van der Waals surface area contributed by atoms with Gasteiger partial charge in [0.1, 0.15) is 29.8 Å². The summed E-state index contributed by atoms with van der Waals surface area (Å²) in [6.45, 7) is 1.88. The summed E-state index contributed by atoms with van der Waals surface area (Å²) in [7, 11) is 0. The molecule has 0 aliphatic carbocycles. The van der Waals surface area contributed by atoms with Crippen molar-refractivity contribution in [3.63, 3.8) is 0 Å². The van der Waals surface area contributed by atoms with Gasteiger partial charge in [0.2, 0.25) is 0 Å². The first kappa shape index (κ1) is 29.2. The molecule has 230 valence electrons. The summed E-state index contributed by atoms with van der Waals surface area (Å²) in [6.07, 6.45) is 11.5. The Morgan fingerprint density at radius 3 is 2.44 bits per heavy atom. The highest BCUT2D eigenvalue weighted by molar-refractivity contribution is 7.99. The van der Waals surface area contributed by atoms with Crippen LogP contribution in [-0.4, -0.2) is 49.6 Å². The highest BCUT2D eigenvalue weighted by Crippen LogP contribution is 2.45. The summed E-state index contributed by atoms with van der Waals surface area (Å²) in [5, 5.41) is 4.14. The topological polar surface area (TPSA) is 63.1 Å². The summed E-state index contributed by atoms with van der Waals surface area (Å²) in [5.74, 6) is 2.33. The second-order valence-corrected chi connectivity index (χ2v) is 14.3. The first-order valence-corrected chi connectivity index (χ1v) is 17.6. The van der Waals surface area contributed by atoms with Gasteiger partial charge in [0.15, 0.2) is 0 Å². The Morgan fingerprint density at radius 1 is 0.907 bits per heavy atom. The number of aromatic nitrogens is 3. The van der Waals surface area contributed by atoms with Gasteiger partial charge < -0.3 is 5.32 Å². The second-order valence-electron chi connectivity index (χ2n) is 13.1. The number of hydrogen-bond acceptors (Lipinski definition) is 6. The van der Waals surface area contributed by atoms with Crippen molar-refractivity contribution in [2.24, 2.45) is 5.92 Å².